The van der Waals surface area contributed by atoms with Crippen molar-refractivity contribution < 1.29 is 19.4 Å². The first-order chi connectivity index (χ1) is 9.69. The molecule has 0 aliphatic rings. The lowest BCUT2D eigenvalue weighted by atomic mass is 10.1. The Morgan fingerprint density at radius 2 is 1.90 bits per heavy atom. The van der Waals surface area contributed by atoms with Gasteiger partial charge in [-0.3, -0.25) is 4.79 Å². The van der Waals surface area contributed by atoms with E-state index in [1.165, 1.54) is 0 Å². The number of hydrogen-bond acceptors (Lipinski definition) is 3. The topological polar surface area (TPSA) is 55.8 Å². The molecular formula is C16H16O4. The molecule has 0 amide bonds. The first-order valence-electron chi connectivity index (χ1n) is 6.24. The van der Waals surface area contributed by atoms with Crippen LogP contribution in [-0.2, 0) is 17.8 Å². The van der Waals surface area contributed by atoms with Crippen molar-refractivity contribution in [1.82, 2.24) is 0 Å². The first kappa shape index (κ1) is 13.9. The molecule has 0 aliphatic carbocycles. The molecule has 0 saturated carbocycles. The molecule has 4 heteroatoms. The van der Waals surface area contributed by atoms with Gasteiger partial charge in [-0.25, -0.2) is 0 Å². The van der Waals surface area contributed by atoms with E-state index < -0.39 is 5.97 Å². The van der Waals surface area contributed by atoms with Crippen molar-refractivity contribution in [3.63, 3.8) is 0 Å². The zero-order valence-electron chi connectivity index (χ0n) is 11.2. The van der Waals surface area contributed by atoms with E-state index >= 15 is 0 Å². The van der Waals surface area contributed by atoms with E-state index in [1.54, 1.807) is 25.3 Å². The minimum atomic E-state index is -0.889. The van der Waals surface area contributed by atoms with Gasteiger partial charge in [-0.05, 0) is 11.6 Å². The Morgan fingerprint density at radius 3 is 2.55 bits per heavy atom. The van der Waals surface area contributed by atoms with Gasteiger partial charge < -0.3 is 14.6 Å². The van der Waals surface area contributed by atoms with Gasteiger partial charge in [-0.1, -0.05) is 36.4 Å². The van der Waals surface area contributed by atoms with Crippen molar-refractivity contribution in [1.29, 1.82) is 0 Å². The third kappa shape index (κ3) is 3.75. The summed E-state index contributed by atoms with van der Waals surface area (Å²) >= 11 is 0. The molecule has 0 bridgehead atoms. The van der Waals surface area contributed by atoms with Crippen molar-refractivity contribution in [3.05, 3.63) is 59.7 Å². The number of methoxy groups -OCH3 is 1. The van der Waals surface area contributed by atoms with E-state index in [0.717, 1.165) is 5.56 Å². The zero-order valence-corrected chi connectivity index (χ0v) is 11.2. The average molecular weight is 272 g/mol. The second-order valence-electron chi connectivity index (χ2n) is 4.32. The van der Waals surface area contributed by atoms with Crippen molar-refractivity contribution in [2.45, 2.75) is 13.0 Å². The molecule has 0 unspecified atom stereocenters. The van der Waals surface area contributed by atoms with Crippen molar-refractivity contribution in [3.8, 4) is 11.5 Å². The molecule has 1 N–H and O–H groups in total. The highest BCUT2D eigenvalue weighted by atomic mass is 16.5. The quantitative estimate of drug-likeness (QED) is 0.878. The summed E-state index contributed by atoms with van der Waals surface area (Å²) < 4.78 is 10.9. The standard InChI is InChI=1S/C16H16O4/c1-19-14-8-7-13(9-16(17)18)15(10-14)20-11-12-5-3-2-4-6-12/h2-8,10H,9,11H2,1H3,(H,17,18). The van der Waals surface area contributed by atoms with E-state index in [9.17, 15) is 4.79 Å². The highest BCUT2D eigenvalue weighted by Gasteiger charge is 2.10. The van der Waals surface area contributed by atoms with E-state index in [4.69, 9.17) is 14.6 Å². The molecule has 20 heavy (non-hydrogen) atoms. The third-order valence-electron chi connectivity index (χ3n) is 2.85. The fourth-order valence-electron chi connectivity index (χ4n) is 1.84. The van der Waals surface area contributed by atoms with Gasteiger partial charge in [0.2, 0.25) is 0 Å². The fraction of sp³-hybridized carbons (Fsp3) is 0.188. The molecule has 0 aromatic heterocycles. The van der Waals surface area contributed by atoms with Crippen LogP contribution in [0.4, 0.5) is 0 Å². The Balaban J connectivity index is 2.17. The molecule has 0 aliphatic heterocycles. The maximum Gasteiger partial charge on any atom is 0.307 e. The summed E-state index contributed by atoms with van der Waals surface area (Å²) in [5.74, 6) is 0.289. The number of carbonyl (C=O) groups is 1. The number of benzene rings is 2. The Bertz CT molecular complexity index is 578. The smallest absolute Gasteiger partial charge is 0.307 e. The minimum Gasteiger partial charge on any atom is -0.497 e. The minimum absolute atomic E-state index is 0.0753. The van der Waals surface area contributed by atoms with Gasteiger partial charge in [0.25, 0.3) is 0 Å². The Labute approximate surface area is 117 Å². The molecule has 0 radical (unpaired) electrons. The van der Waals surface area contributed by atoms with Gasteiger partial charge in [0, 0.05) is 11.6 Å². The summed E-state index contributed by atoms with van der Waals surface area (Å²) in [5, 5.41) is 8.92. The van der Waals surface area contributed by atoms with Crippen molar-refractivity contribution >= 4 is 5.97 Å². The van der Waals surface area contributed by atoms with Crippen LogP contribution in [0.5, 0.6) is 11.5 Å². The Morgan fingerprint density at radius 1 is 1.15 bits per heavy atom. The van der Waals surface area contributed by atoms with Crippen LogP contribution in [0.3, 0.4) is 0 Å². The lowest BCUT2D eigenvalue weighted by Crippen LogP contribution is -2.04. The zero-order chi connectivity index (χ0) is 14.4. The van der Waals surface area contributed by atoms with E-state index in [-0.39, 0.29) is 6.42 Å². The van der Waals surface area contributed by atoms with Crippen LogP contribution < -0.4 is 9.47 Å². The lowest BCUT2D eigenvalue weighted by Gasteiger charge is -2.12. The summed E-state index contributed by atoms with van der Waals surface area (Å²) in [4.78, 5) is 10.9. The van der Waals surface area contributed by atoms with E-state index in [2.05, 4.69) is 0 Å². The highest BCUT2D eigenvalue weighted by molar-refractivity contribution is 5.71. The van der Waals surface area contributed by atoms with Gasteiger partial charge >= 0.3 is 5.97 Å². The molecule has 0 saturated heterocycles. The number of ether oxygens (including phenoxy) is 2. The summed E-state index contributed by atoms with van der Waals surface area (Å²) in [6.45, 7) is 0.390. The van der Waals surface area contributed by atoms with Gasteiger partial charge in [0.05, 0.1) is 13.5 Å². The van der Waals surface area contributed by atoms with Crippen LogP contribution in [0.25, 0.3) is 0 Å². The maximum atomic E-state index is 10.9. The first-order valence-corrected chi connectivity index (χ1v) is 6.24. The predicted molar refractivity (Wildman–Crippen MR) is 75.1 cm³/mol. The summed E-state index contributed by atoms with van der Waals surface area (Å²) in [6.07, 6.45) is -0.0753. The Kier molecular flexibility index (Phi) is 4.60. The molecule has 2 rings (SSSR count). The SMILES string of the molecule is COc1ccc(CC(=O)O)c(OCc2ccccc2)c1. The number of carboxylic acid groups (broad SMARTS) is 1. The molecule has 4 nitrogen and oxygen atoms in total. The summed E-state index contributed by atoms with van der Waals surface area (Å²) in [7, 11) is 1.56. The number of rotatable bonds is 6. The van der Waals surface area contributed by atoms with E-state index in [1.807, 2.05) is 30.3 Å². The van der Waals surface area contributed by atoms with Crippen LogP contribution in [0.15, 0.2) is 48.5 Å². The van der Waals surface area contributed by atoms with Crippen LogP contribution in [0.2, 0.25) is 0 Å². The number of aliphatic carboxylic acids is 1. The van der Waals surface area contributed by atoms with Crippen LogP contribution in [0.1, 0.15) is 11.1 Å². The Hall–Kier alpha value is -2.49. The van der Waals surface area contributed by atoms with Gasteiger partial charge in [-0.2, -0.15) is 0 Å². The van der Waals surface area contributed by atoms with Gasteiger partial charge in [0.15, 0.2) is 0 Å². The summed E-state index contributed by atoms with van der Waals surface area (Å²) in [6, 6.07) is 14.9. The molecule has 2 aromatic rings. The van der Waals surface area contributed by atoms with Crippen molar-refractivity contribution in [2.75, 3.05) is 7.11 Å². The largest absolute Gasteiger partial charge is 0.497 e. The normalized spacial score (nSPS) is 10.1. The van der Waals surface area contributed by atoms with Gasteiger partial charge in [0.1, 0.15) is 18.1 Å². The molecule has 0 atom stereocenters. The van der Waals surface area contributed by atoms with E-state index in [0.29, 0.717) is 23.7 Å². The second-order valence-corrected chi connectivity index (χ2v) is 4.32. The molecule has 0 spiro atoms. The monoisotopic (exact) mass is 272 g/mol. The number of carboxylic acids is 1. The predicted octanol–water partition coefficient (Wildman–Crippen LogP) is 2.90. The van der Waals surface area contributed by atoms with Crippen LogP contribution in [0, 0.1) is 0 Å². The lowest BCUT2D eigenvalue weighted by molar-refractivity contribution is -0.136. The summed E-state index contributed by atoms with van der Waals surface area (Å²) in [5.41, 5.74) is 1.66. The molecule has 0 heterocycles. The average Bonchev–Trinajstić information content (AvgIpc) is 2.47. The van der Waals surface area contributed by atoms with Gasteiger partial charge in [-0.15, -0.1) is 0 Å². The third-order valence-corrected chi connectivity index (χ3v) is 2.85. The highest BCUT2D eigenvalue weighted by Crippen LogP contribution is 2.26. The number of hydrogen-bond donors (Lipinski definition) is 1. The fourth-order valence-corrected chi connectivity index (χ4v) is 1.84. The molecule has 104 valence electrons. The molecular weight excluding hydrogens is 256 g/mol. The molecule has 2 aromatic carbocycles. The molecule has 0 fully saturated rings. The maximum absolute atomic E-state index is 10.9. The second kappa shape index (κ2) is 6.61. The van der Waals surface area contributed by atoms with Crippen molar-refractivity contribution in [2.24, 2.45) is 0 Å². The van der Waals surface area contributed by atoms with Crippen LogP contribution >= 0.6 is 0 Å². The van der Waals surface area contributed by atoms with Crippen LogP contribution in [-0.4, -0.2) is 18.2 Å².